The van der Waals surface area contributed by atoms with Gasteiger partial charge in [-0.15, -0.1) is 0 Å². The summed E-state index contributed by atoms with van der Waals surface area (Å²) < 4.78 is 39.2. The van der Waals surface area contributed by atoms with Gasteiger partial charge in [-0.25, -0.2) is 14.1 Å². The summed E-state index contributed by atoms with van der Waals surface area (Å²) >= 11 is 0. The monoisotopic (exact) mass is 645 g/mol. The molecule has 5 N–H and O–H groups in total. The molecule has 5 rings (SSSR count). The molecule has 1 aromatic carbocycles. The number of fused-ring (bicyclic) bond motifs is 2. The number of aliphatic hydroxyl groups is 2. The quantitative estimate of drug-likeness (QED) is 0.157. The van der Waals surface area contributed by atoms with Crippen LogP contribution in [0.25, 0.3) is 5.52 Å². The number of hydrogen-bond acceptors (Lipinski definition) is 11. The zero-order valence-electron chi connectivity index (χ0n) is 26.2. The minimum absolute atomic E-state index is 0.221. The van der Waals surface area contributed by atoms with Crippen LogP contribution in [-0.2, 0) is 41.8 Å². The predicted octanol–water partition coefficient (Wildman–Crippen LogP) is 3.69. The SMILES string of the molecule is CCC(CC)COC(=O)[C@H](C)NP(=O)(OC[C@H]1O[C@@](C)(c2ccc3c(N)ncnn23)[C@H](O)[C@@H]1O)Oc1ccc2c(c1)CCCC2. The van der Waals surface area contributed by atoms with Crippen molar-refractivity contribution in [3.05, 3.63) is 53.5 Å². The Kier molecular flexibility index (Phi) is 10.2. The maximum Gasteiger partial charge on any atom is 0.459 e. The van der Waals surface area contributed by atoms with Crippen LogP contribution in [-0.4, -0.2) is 68.3 Å². The van der Waals surface area contributed by atoms with E-state index in [0.717, 1.165) is 44.1 Å². The van der Waals surface area contributed by atoms with Gasteiger partial charge in [0.15, 0.2) is 5.82 Å². The molecule has 246 valence electrons. The van der Waals surface area contributed by atoms with E-state index >= 15 is 0 Å². The van der Waals surface area contributed by atoms with Crippen LogP contribution in [0.4, 0.5) is 5.82 Å². The molecule has 1 saturated heterocycles. The second-order valence-corrected chi connectivity index (χ2v) is 13.7. The number of esters is 1. The number of rotatable bonds is 13. The van der Waals surface area contributed by atoms with Crippen LogP contribution >= 0.6 is 7.75 Å². The molecule has 13 nitrogen and oxygen atoms in total. The fraction of sp³-hybridized carbons (Fsp3) is 0.581. The van der Waals surface area contributed by atoms with Gasteiger partial charge in [-0.3, -0.25) is 9.32 Å². The Morgan fingerprint density at radius 2 is 1.93 bits per heavy atom. The van der Waals surface area contributed by atoms with Crippen molar-refractivity contribution in [3.63, 3.8) is 0 Å². The number of aryl methyl sites for hydroxylation is 2. The summed E-state index contributed by atoms with van der Waals surface area (Å²) in [7, 11) is -4.26. The van der Waals surface area contributed by atoms with Crippen LogP contribution in [0.5, 0.6) is 5.75 Å². The first-order chi connectivity index (χ1) is 21.5. The second kappa shape index (κ2) is 13.7. The molecule has 2 aliphatic rings. The lowest BCUT2D eigenvalue weighted by molar-refractivity contribution is -0.146. The van der Waals surface area contributed by atoms with E-state index in [0.29, 0.717) is 17.0 Å². The highest BCUT2D eigenvalue weighted by Crippen LogP contribution is 2.48. The zero-order valence-corrected chi connectivity index (χ0v) is 27.1. The number of anilines is 1. The Labute approximate surface area is 263 Å². The first-order valence-electron chi connectivity index (χ1n) is 15.6. The molecule has 3 aromatic rings. The Bertz CT molecular complexity index is 1550. The van der Waals surface area contributed by atoms with Gasteiger partial charge < -0.3 is 29.9 Å². The minimum Gasteiger partial charge on any atom is -0.464 e. The average Bonchev–Trinajstić information content (AvgIpc) is 3.57. The normalized spacial score (nSPS) is 25.2. The fourth-order valence-electron chi connectivity index (χ4n) is 5.96. The maximum absolute atomic E-state index is 14.3. The first-order valence-corrected chi connectivity index (χ1v) is 17.1. The topological polar surface area (TPSA) is 180 Å². The van der Waals surface area contributed by atoms with E-state index in [4.69, 9.17) is 24.3 Å². The molecule has 1 aliphatic carbocycles. The van der Waals surface area contributed by atoms with Crippen LogP contribution in [0.15, 0.2) is 36.7 Å². The van der Waals surface area contributed by atoms with Crippen molar-refractivity contribution in [2.45, 2.75) is 96.2 Å². The predicted molar refractivity (Wildman–Crippen MR) is 167 cm³/mol. The Hall–Kier alpha value is -3.06. The molecule has 2 aromatic heterocycles. The molecule has 0 amide bonds. The summed E-state index contributed by atoms with van der Waals surface area (Å²) in [4.78, 5) is 16.9. The van der Waals surface area contributed by atoms with Crippen LogP contribution in [0.1, 0.15) is 70.2 Å². The van der Waals surface area contributed by atoms with E-state index in [1.807, 2.05) is 26.0 Å². The number of benzene rings is 1. The molecule has 0 radical (unpaired) electrons. The molecule has 3 heterocycles. The van der Waals surface area contributed by atoms with Crippen molar-refractivity contribution in [2.75, 3.05) is 18.9 Å². The number of carbonyl (C=O) groups excluding carboxylic acids is 1. The number of ether oxygens (including phenoxy) is 2. The third-order valence-electron chi connectivity index (χ3n) is 8.93. The zero-order chi connectivity index (χ0) is 32.4. The summed E-state index contributed by atoms with van der Waals surface area (Å²) in [5.41, 5.74) is 7.82. The first kappa shape index (κ1) is 33.3. The maximum atomic E-state index is 14.3. The van der Waals surface area contributed by atoms with Crippen LogP contribution in [0.3, 0.4) is 0 Å². The standard InChI is InChI=1S/C31H44N5O8P/c1-5-20(6-2)16-41-30(39)19(3)35-45(40,44-23-12-11-21-9-7-8-10-22(21)15-23)42-17-25-27(37)28(38)31(4,43-25)26-14-13-24-29(32)33-18-34-36(24)26/h11-15,18-20,25,27-28,37-38H,5-10,16-17H2,1-4H3,(H,35,40)(H2,32,33,34)/t19-,25+,27+,28+,31-,45?/m0/s1. The Morgan fingerprint density at radius 1 is 1.20 bits per heavy atom. The number of nitrogens with zero attached hydrogens (tertiary/aromatic N) is 3. The van der Waals surface area contributed by atoms with Gasteiger partial charge in [0.2, 0.25) is 0 Å². The number of aromatic nitrogens is 3. The number of nitrogens with one attached hydrogen (secondary N) is 1. The summed E-state index contributed by atoms with van der Waals surface area (Å²) in [6.45, 7) is 7.01. The van der Waals surface area contributed by atoms with Crippen LogP contribution in [0.2, 0.25) is 0 Å². The van der Waals surface area contributed by atoms with Crippen LogP contribution < -0.4 is 15.3 Å². The number of nitrogen functional groups attached to an aromatic ring is 1. The average molecular weight is 646 g/mol. The van der Waals surface area contributed by atoms with Gasteiger partial charge in [-0.2, -0.15) is 10.2 Å². The van der Waals surface area contributed by atoms with Gasteiger partial charge >= 0.3 is 13.7 Å². The van der Waals surface area contributed by atoms with E-state index in [2.05, 4.69) is 15.2 Å². The number of carbonyl (C=O) groups is 1. The van der Waals surface area contributed by atoms with Gasteiger partial charge in [0.05, 0.1) is 18.9 Å². The molecule has 1 fully saturated rings. The number of hydrogen-bond donors (Lipinski definition) is 4. The highest BCUT2D eigenvalue weighted by atomic mass is 31.2. The molecule has 14 heteroatoms. The molecule has 0 saturated carbocycles. The van der Waals surface area contributed by atoms with E-state index in [1.54, 1.807) is 25.1 Å². The number of nitrogens with two attached hydrogens (primary N) is 1. The van der Waals surface area contributed by atoms with Gasteiger partial charge in [0, 0.05) is 0 Å². The van der Waals surface area contributed by atoms with Crippen molar-refractivity contribution >= 4 is 25.1 Å². The third-order valence-corrected chi connectivity index (χ3v) is 10.6. The molecule has 0 bridgehead atoms. The van der Waals surface area contributed by atoms with Crippen molar-refractivity contribution in [3.8, 4) is 5.75 Å². The van der Waals surface area contributed by atoms with Gasteiger partial charge in [0.1, 0.15) is 47.5 Å². The fourth-order valence-corrected chi connectivity index (χ4v) is 7.46. The summed E-state index contributed by atoms with van der Waals surface area (Å²) in [6.07, 6.45) is 3.09. The highest BCUT2D eigenvalue weighted by Gasteiger charge is 2.54. The second-order valence-electron chi connectivity index (χ2n) is 12.0. The molecule has 6 atom stereocenters. The molecule has 0 spiro atoms. The Balaban J connectivity index is 1.34. The molecular weight excluding hydrogens is 601 g/mol. The third kappa shape index (κ3) is 7.03. The van der Waals surface area contributed by atoms with Crippen molar-refractivity contribution in [2.24, 2.45) is 5.92 Å². The molecular formula is C31H44N5O8P. The Morgan fingerprint density at radius 3 is 2.67 bits per heavy atom. The molecule has 1 unspecified atom stereocenters. The highest BCUT2D eigenvalue weighted by molar-refractivity contribution is 7.52. The lowest BCUT2D eigenvalue weighted by atomic mass is 9.92. The summed E-state index contributed by atoms with van der Waals surface area (Å²) in [5.74, 6) is 0.185. The van der Waals surface area contributed by atoms with Gasteiger partial charge in [-0.1, -0.05) is 32.8 Å². The van der Waals surface area contributed by atoms with E-state index in [-0.39, 0.29) is 18.3 Å². The molecule has 45 heavy (non-hydrogen) atoms. The van der Waals surface area contributed by atoms with Gasteiger partial charge in [0.25, 0.3) is 0 Å². The van der Waals surface area contributed by atoms with Crippen molar-refractivity contribution < 1.29 is 38.1 Å². The lowest BCUT2D eigenvalue weighted by Gasteiger charge is -2.28. The summed E-state index contributed by atoms with van der Waals surface area (Å²) in [5, 5.41) is 29.1. The number of aliphatic hydroxyl groups excluding tert-OH is 2. The van der Waals surface area contributed by atoms with E-state index < -0.39 is 50.3 Å². The lowest BCUT2D eigenvalue weighted by Crippen LogP contribution is -2.40. The van der Waals surface area contributed by atoms with Gasteiger partial charge in [-0.05, 0) is 80.8 Å². The van der Waals surface area contributed by atoms with E-state index in [1.165, 1.54) is 23.3 Å². The van der Waals surface area contributed by atoms with Crippen molar-refractivity contribution in [1.82, 2.24) is 19.7 Å². The largest absolute Gasteiger partial charge is 0.464 e. The smallest absolute Gasteiger partial charge is 0.459 e. The van der Waals surface area contributed by atoms with Crippen molar-refractivity contribution in [1.29, 1.82) is 0 Å². The molecule has 1 aliphatic heterocycles. The summed E-state index contributed by atoms with van der Waals surface area (Å²) in [6, 6.07) is 7.85. The van der Waals surface area contributed by atoms with Crippen LogP contribution in [0, 0.1) is 5.92 Å². The van der Waals surface area contributed by atoms with E-state index in [9.17, 15) is 19.6 Å². The minimum atomic E-state index is -4.26.